The monoisotopic (exact) mass is 257 g/mol. The first-order valence-electron chi connectivity index (χ1n) is 5.84. The van der Waals surface area contributed by atoms with Gasteiger partial charge < -0.3 is 5.11 Å². The number of rotatable bonds is 3. The number of hydrogen-bond acceptors (Lipinski definition) is 6. The minimum absolute atomic E-state index is 0.00236. The van der Waals surface area contributed by atoms with E-state index >= 15 is 0 Å². The first-order chi connectivity index (χ1) is 9.13. The summed E-state index contributed by atoms with van der Waals surface area (Å²) in [5.74, 6) is 2.12. The van der Waals surface area contributed by atoms with Crippen molar-refractivity contribution in [2.75, 3.05) is 0 Å². The molecule has 0 aliphatic carbocycles. The van der Waals surface area contributed by atoms with E-state index in [0.717, 1.165) is 5.84 Å². The SMILES string of the molecule is CC1=NC2=NC(CCC(=O)O)=NC3=CC=CC(=N1)N32. The summed E-state index contributed by atoms with van der Waals surface area (Å²) in [6, 6.07) is 0. The van der Waals surface area contributed by atoms with Crippen LogP contribution in [-0.4, -0.2) is 39.4 Å². The van der Waals surface area contributed by atoms with Crippen molar-refractivity contribution in [1.82, 2.24) is 4.90 Å². The molecule has 0 amide bonds. The molecule has 3 aliphatic rings. The van der Waals surface area contributed by atoms with Gasteiger partial charge in [-0.15, -0.1) is 0 Å². The number of carbonyl (C=O) groups is 1. The van der Waals surface area contributed by atoms with Gasteiger partial charge in [-0.05, 0) is 19.1 Å². The zero-order chi connectivity index (χ0) is 13.4. The summed E-state index contributed by atoms with van der Waals surface area (Å²) in [7, 11) is 0. The second-order valence-corrected chi connectivity index (χ2v) is 4.18. The molecule has 0 bridgehead atoms. The Labute approximate surface area is 109 Å². The molecule has 0 spiro atoms. The van der Waals surface area contributed by atoms with Crippen molar-refractivity contribution >= 4 is 29.4 Å². The number of carboxylic acids is 1. The van der Waals surface area contributed by atoms with Gasteiger partial charge in [0, 0.05) is 6.42 Å². The Morgan fingerprint density at radius 3 is 2.95 bits per heavy atom. The van der Waals surface area contributed by atoms with Crippen LogP contribution in [0, 0.1) is 0 Å². The third kappa shape index (κ3) is 2.10. The fraction of sp³-hybridized carbons (Fsp3) is 0.250. The quantitative estimate of drug-likeness (QED) is 0.822. The lowest BCUT2D eigenvalue weighted by Crippen LogP contribution is -2.41. The average Bonchev–Trinajstić information content (AvgIpc) is 2.36. The summed E-state index contributed by atoms with van der Waals surface area (Å²) >= 11 is 0. The highest BCUT2D eigenvalue weighted by molar-refractivity contribution is 6.20. The molecule has 7 heteroatoms. The molecule has 3 heterocycles. The Morgan fingerprint density at radius 2 is 2.16 bits per heavy atom. The van der Waals surface area contributed by atoms with Crippen molar-refractivity contribution in [1.29, 1.82) is 0 Å². The zero-order valence-electron chi connectivity index (χ0n) is 10.2. The third-order valence-electron chi connectivity index (χ3n) is 2.72. The highest BCUT2D eigenvalue weighted by atomic mass is 16.4. The second kappa shape index (κ2) is 4.27. The molecule has 0 aromatic rings. The predicted octanol–water partition coefficient (Wildman–Crippen LogP) is 1.16. The first kappa shape index (κ1) is 11.5. The van der Waals surface area contributed by atoms with Crippen molar-refractivity contribution in [2.45, 2.75) is 19.8 Å². The molecule has 0 aromatic carbocycles. The fourth-order valence-corrected chi connectivity index (χ4v) is 1.93. The van der Waals surface area contributed by atoms with Crippen LogP contribution in [0.3, 0.4) is 0 Å². The number of aliphatic carboxylic acids is 1. The predicted molar refractivity (Wildman–Crippen MR) is 71.3 cm³/mol. The van der Waals surface area contributed by atoms with Crippen LogP contribution in [0.15, 0.2) is 44.0 Å². The van der Waals surface area contributed by atoms with Crippen molar-refractivity contribution in [2.24, 2.45) is 20.0 Å². The van der Waals surface area contributed by atoms with Gasteiger partial charge in [0.2, 0.25) is 5.96 Å². The largest absolute Gasteiger partial charge is 0.481 e. The summed E-state index contributed by atoms with van der Waals surface area (Å²) in [6.07, 6.45) is 5.82. The van der Waals surface area contributed by atoms with Gasteiger partial charge in [-0.3, -0.25) is 4.79 Å². The summed E-state index contributed by atoms with van der Waals surface area (Å²) in [4.78, 5) is 29.6. The van der Waals surface area contributed by atoms with Crippen LogP contribution in [0.5, 0.6) is 0 Å². The fourth-order valence-electron chi connectivity index (χ4n) is 1.93. The Kier molecular flexibility index (Phi) is 2.59. The van der Waals surface area contributed by atoms with E-state index in [-0.39, 0.29) is 12.8 Å². The summed E-state index contributed by atoms with van der Waals surface area (Å²) in [5, 5.41) is 8.71. The number of nitrogens with zero attached hydrogens (tertiary/aromatic N) is 5. The molecular weight excluding hydrogens is 246 g/mol. The van der Waals surface area contributed by atoms with Gasteiger partial charge in [-0.25, -0.2) is 14.9 Å². The Morgan fingerprint density at radius 1 is 1.32 bits per heavy atom. The Bertz CT molecular complexity index is 637. The van der Waals surface area contributed by atoms with Crippen LogP contribution >= 0.6 is 0 Å². The van der Waals surface area contributed by atoms with Gasteiger partial charge in [0.15, 0.2) is 0 Å². The molecule has 0 radical (unpaired) electrons. The molecule has 0 unspecified atom stereocenters. The number of amidine groups is 3. The molecule has 0 atom stereocenters. The topological polar surface area (TPSA) is 90.0 Å². The van der Waals surface area contributed by atoms with E-state index in [1.165, 1.54) is 0 Å². The third-order valence-corrected chi connectivity index (χ3v) is 2.72. The standard InChI is InChI=1S/C12H11N5O2/c1-7-13-9-3-2-4-10-15-8(5-6-11(18)19)16-12(14-7)17(9)10/h2-4H,5-6H2,1H3,(H,18,19). The Balaban J connectivity index is 1.97. The van der Waals surface area contributed by atoms with Crippen LogP contribution in [-0.2, 0) is 4.79 Å². The van der Waals surface area contributed by atoms with Crippen molar-refractivity contribution in [3.05, 3.63) is 24.0 Å². The van der Waals surface area contributed by atoms with E-state index in [4.69, 9.17) is 5.11 Å². The van der Waals surface area contributed by atoms with Crippen LogP contribution in [0.4, 0.5) is 0 Å². The van der Waals surface area contributed by atoms with Crippen LogP contribution in [0.25, 0.3) is 0 Å². The van der Waals surface area contributed by atoms with E-state index in [9.17, 15) is 4.79 Å². The highest BCUT2D eigenvalue weighted by Gasteiger charge is 2.29. The van der Waals surface area contributed by atoms with Crippen molar-refractivity contribution < 1.29 is 9.90 Å². The van der Waals surface area contributed by atoms with Crippen molar-refractivity contribution in [3.8, 4) is 0 Å². The molecule has 0 saturated carbocycles. The average molecular weight is 257 g/mol. The molecular formula is C12H11N5O2. The molecule has 3 rings (SSSR count). The zero-order valence-corrected chi connectivity index (χ0v) is 10.2. The minimum atomic E-state index is -0.867. The molecule has 3 aliphatic heterocycles. The molecule has 0 aromatic heterocycles. The van der Waals surface area contributed by atoms with Gasteiger partial charge in [-0.1, -0.05) is 6.08 Å². The van der Waals surface area contributed by atoms with E-state index in [1.807, 2.05) is 18.2 Å². The molecule has 0 saturated heterocycles. The summed E-state index contributed by atoms with van der Waals surface area (Å²) in [6.45, 7) is 1.79. The van der Waals surface area contributed by atoms with E-state index in [1.54, 1.807) is 11.8 Å². The minimum Gasteiger partial charge on any atom is -0.481 e. The molecule has 0 fully saturated rings. The van der Waals surface area contributed by atoms with Crippen LogP contribution < -0.4 is 0 Å². The smallest absolute Gasteiger partial charge is 0.303 e. The molecule has 96 valence electrons. The summed E-state index contributed by atoms with van der Waals surface area (Å²) in [5.41, 5.74) is 0. The molecule has 1 N–H and O–H groups in total. The normalized spacial score (nSPS) is 19.8. The van der Waals surface area contributed by atoms with Gasteiger partial charge in [0.25, 0.3) is 0 Å². The van der Waals surface area contributed by atoms with Crippen LogP contribution in [0.1, 0.15) is 19.8 Å². The number of aliphatic imine (C=N–C) groups is 4. The lowest BCUT2D eigenvalue weighted by atomic mass is 10.2. The second-order valence-electron chi connectivity index (χ2n) is 4.18. The van der Waals surface area contributed by atoms with Gasteiger partial charge in [-0.2, -0.15) is 9.98 Å². The number of carboxylic acid groups (broad SMARTS) is 1. The first-order valence-corrected chi connectivity index (χ1v) is 5.84. The molecule has 7 nitrogen and oxygen atoms in total. The highest BCUT2D eigenvalue weighted by Crippen LogP contribution is 2.23. The van der Waals surface area contributed by atoms with Gasteiger partial charge in [0.1, 0.15) is 23.3 Å². The van der Waals surface area contributed by atoms with Gasteiger partial charge in [0.05, 0.1) is 6.42 Å². The number of allylic oxidation sites excluding steroid dienone is 2. The maximum absolute atomic E-state index is 10.6. The lowest BCUT2D eigenvalue weighted by Gasteiger charge is -2.30. The number of guanidine groups is 1. The van der Waals surface area contributed by atoms with Gasteiger partial charge >= 0.3 is 5.97 Å². The van der Waals surface area contributed by atoms with E-state index < -0.39 is 5.97 Å². The maximum atomic E-state index is 10.6. The maximum Gasteiger partial charge on any atom is 0.303 e. The lowest BCUT2D eigenvalue weighted by molar-refractivity contribution is -0.136. The molecule has 19 heavy (non-hydrogen) atoms. The van der Waals surface area contributed by atoms with E-state index in [2.05, 4.69) is 20.0 Å². The van der Waals surface area contributed by atoms with Crippen molar-refractivity contribution in [3.63, 3.8) is 0 Å². The van der Waals surface area contributed by atoms with E-state index in [0.29, 0.717) is 23.5 Å². The van der Waals surface area contributed by atoms with Crippen LogP contribution in [0.2, 0.25) is 0 Å². The Hall–Kier alpha value is -2.57. The number of hydrogen-bond donors (Lipinski definition) is 1. The summed E-state index contributed by atoms with van der Waals surface area (Å²) < 4.78 is 0.